The van der Waals surface area contributed by atoms with Gasteiger partial charge in [0.1, 0.15) is 0 Å². The topological polar surface area (TPSA) is 162 Å². The maximum atomic E-state index is 10.2. The van der Waals surface area contributed by atoms with Crippen molar-refractivity contribution in [3.8, 4) is 0 Å². The summed E-state index contributed by atoms with van der Waals surface area (Å²) >= 11 is 0. The van der Waals surface area contributed by atoms with E-state index in [1.165, 1.54) is 11.4 Å². The van der Waals surface area contributed by atoms with Crippen LogP contribution in [0, 0.1) is 4.91 Å². The quantitative estimate of drug-likeness (QED) is 0.277. The number of carboxylic acid groups (broad SMARTS) is 3. The Morgan fingerprint density at radius 2 is 1.48 bits per heavy atom. The average molecular weight is 355 g/mol. The van der Waals surface area contributed by atoms with Crippen molar-refractivity contribution in [1.29, 1.82) is 0 Å². The van der Waals surface area contributed by atoms with Gasteiger partial charge in [-0.2, -0.15) is 0 Å². The molecule has 4 N–H and O–H groups in total. The van der Waals surface area contributed by atoms with Gasteiger partial charge in [0.15, 0.2) is 5.34 Å². The molecule has 0 saturated heterocycles. The monoisotopic (exact) mass is 355 g/mol. The van der Waals surface area contributed by atoms with Crippen LogP contribution in [0.4, 0.5) is 0 Å². The van der Waals surface area contributed by atoms with Crippen molar-refractivity contribution >= 4 is 17.9 Å². The molecule has 0 spiro atoms. The average Bonchev–Trinajstić information content (AvgIpc) is 2.57. The minimum atomic E-state index is -0.914. The molecule has 0 amide bonds. The molecule has 1 aromatic carbocycles. The fraction of sp³-hybridized carbons (Fsp3) is 0.188. The zero-order chi connectivity index (χ0) is 20.1. The van der Waals surface area contributed by atoms with Crippen LogP contribution < -0.4 is 0 Å². The zero-order valence-corrected chi connectivity index (χ0v) is 13.8. The van der Waals surface area contributed by atoms with Crippen LogP contribution in [-0.2, 0) is 9.59 Å². The van der Waals surface area contributed by atoms with Gasteiger partial charge in [0.05, 0.1) is 5.56 Å². The fourth-order valence-corrected chi connectivity index (χ4v) is 0.830. The lowest BCUT2D eigenvalue weighted by Gasteiger charge is -1.88. The number of aromatic carboxylic acids is 1. The van der Waals surface area contributed by atoms with E-state index in [0.717, 1.165) is 6.08 Å². The standard InChI is InChI=1S/C7H6O2.C6H8O2.C3H6O2.HNO2/c8-7(9)6-4-2-1-3-5-6;1-2-3-4-5-6(7)8;1-2-3(4)5;2-1-3/h1-5H,(H,8,9);2-5H,1H3,(H,7,8);2H2,1H3,(H,4,5);(H,2,3)/b;3-2+,5-4+;;. The first kappa shape index (κ1) is 26.4. The number of carboxylic acids is 3. The van der Waals surface area contributed by atoms with Gasteiger partial charge in [-0.15, -0.1) is 4.91 Å². The maximum absolute atomic E-state index is 10.2. The van der Waals surface area contributed by atoms with E-state index in [2.05, 4.69) is 0 Å². The molecule has 0 radical (unpaired) electrons. The minimum absolute atomic E-state index is 0.222. The number of aliphatic carboxylic acids is 2. The van der Waals surface area contributed by atoms with E-state index in [1.807, 2.05) is 6.92 Å². The van der Waals surface area contributed by atoms with Crippen LogP contribution in [0.5, 0.6) is 0 Å². The third-order valence-electron chi connectivity index (χ3n) is 1.87. The van der Waals surface area contributed by atoms with E-state index in [1.54, 1.807) is 49.4 Å². The van der Waals surface area contributed by atoms with E-state index in [4.69, 9.17) is 25.4 Å². The Labute approximate surface area is 144 Å². The molecular formula is C16H21NO8. The van der Waals surface area contributed by atoms with Crippen LogP contribution in [0.25, 0.3) is 0 Å². The highest BCUT2D eigenvalue weighted by molar-refractivity contribution is 5.87. The van der Waals surface area contributed by atoms with Gasteiger partial charge >= 0.3 is 17.9 Å². The summed E-state index contributed by atoms with van der Waals surface area (Å²) in [7, 11) is 0. The Balaban J connectivity index is -0.000000278. The molecule has 138 valence electrons. The normalized spacial score (nSPS) is 8.72. The van der Waals surface area contributed by atoms with Crippen molar-refractivity contribution < 1.29 is 34.9 Å². The number of hydrogen-bond donors (Lipinski definition) is 4. The minimum Gasteiger partial charge on any atom is -0.481 e. The highest BCUT2D eigenvalue weighted by Crippen LogP contribution is 1.96. The zero-order valence-electron chi connectivity index (χ0n) is 13.8. The third-order valence-corrected chi connectivity index (χ3v) is 1.87. The number of rotatable bonds is 4. The Morgan fingerprint density at radius 1 is 1.04 bits per heavy atom. The number of allylic oxidation sites excluding steroid dienone is 3. The predicted molar refractivity (Wildman–Crippen MR) is 90.5 cm³/mol. The van der Waals surface area contributed by atoms with Crippen LogP contribution in [0.15, 0.2) is 60.0 Å². The van der Waals surface area contributed by atoms with Crippen LogP contribution in [0.1, 0.15) is 30.6 Å². The predicted octanol–water partition coefficient (Wildman–Crippen LogP) is 3.21. The first-order chi connectivity index (χ1) is 11.8. The van der Waals surface area contributed by atoms with Crippen molar-refractivity contribution in [2.45, 2.75) is 20.3 Å². The van der Waals surface area contributed by atoms with E-state index < -0.39 is 17.9 Å². The van der Waals surface area contributed by atoms with E-state index >= 15 is 0 Å². The molecule has 0 heterocycles. The van der Waals surface area contributed by atoms with Crippen molar-refractivity contribution in [3.05, 3.63) is 65.1 Å². The van der Waals surface area contributed by atoms with Gasteiger partial charge in [0.25, 0.3) is 0 Å². The second kappa shape index (κ2) is 20.5. The largest absolute Gasteiger partial charge is 0.481 e. The Bertz CT molecular complexity index is 553. The van der Waals surface area contributed by atoms with Crippen LogP contribution in [0.3, 0.4) is 0 Å². The lowest BCUT2D eigenvalue weighted by molar-refractivity contribution is -0.136. The molecule has 0 bridgehead atoms. The fourth-order valence-electron chi connectivity index (χ4n) is 0.830. The second-order valence-corrected chi connectivity index (χ2v) is 3.72. The SMILES string of the molecule is C/C=C/C=C/C(=O)O.CCC(=O)O.O=C(O)c1ccccc1.O=NO. The van der Waals surface area contributed by atoms with Gasteiger partial charge in [-0.3, -0.25) is 4.79 Å². The molecule has 0 aromatic heterocycles. The lowest BCUT2D eigenvalue weighted by Crippen LogP contribution is -1.93. The molecule has 25 heavy (non-hydrogen) atoms. The van der Waals surface area contributed by atoms with Gasteiger partial charge in [-0.1, -0.05) is 43.4 Å². The molecule has 0 aliphatic heterocycles. The molecule has 1 rings (SSSR count). The van der Waals surface area contributed by atoms with Crippen LogP contribution >= 0.6 is 0 Å². The molecule has 9 nitrogen and oxygen atoms in total. The molecule has 9 heteroatoms. The van der Waals surface area contributed by atoms with Crippen LogP contribution in [-0.4, -0.2) is 38.4 Å². The van der Waals surface area contributed by atoms with E-state index in [-0.39, 0.29) is 6.42 Å². The number of carbonyl (C=O) groups is 3. The highest BCUT2D eigenvalue weighted by Gasteiger charge is 1.96. The van der Waals surface area contributed by atoms with Crippen molar-refractivity contribution in [2.75, 3.05) is 0 Å². The van der Waals surface area contributed by atoms with Gasteiger partial charge in [-0.05, 0) is 19.1 Å². The van der Waals surface area contributed by atoms with Crippen molar-refractivity contribution in [2.24, 2.45) is 5.34 Å². The summed E-state index contributed by atoms with van der Waals surface area (Å²) in [6.45, 7) is 3.43. The smallest absolute Gasteiger partial charge is 0.335 e. The molecule has 1 aromatic rings. The third kappa shape index (κ3) is 29.2. The molecule has 0 atom stereocenters. The first-order valence-electron chi connectivity index (χ1n) is 6.75. The summed E-state index contributed by atoms with van der Waals surface area (Å²) in [5.74, 6) is -2.54. The Kier molecular flexibility index (Phi) is 21.7. The molecule has 0 aliphatic carbocycles. The van der Waals surface area contributed by atoms with E-state index in [0.29, 0.717) is 5.56 Å². The number of benzene rings is 1. The van der Waals surface area contributed by atoms with Gasteiger partial charge in [-0.25, -0.2) is 9.59 Å². The Morgan fingerprint density at radius 3 is 1.72 bits per heavy atom. The summed E-state index contributed by atoms with van der Waals surface area (Å²) in [6, 6.07) is 8.30. The highest BCUT2D eigenvalue weighted by atomic mass is 16.6. The van der Waals surface area contributed by atoms with Gasteiger partial charge in [0.2, 0.25) is 0 Å². The van der Waals surface area contributed by atoms with E-state index in [9.17, 15) is 14.4 Å². The summed E-state index contributed by atoms with van der Waals surface area (Å²) in [5.41, 5.74) is 0.331. The number of nitrogens with zero attached hydrogens (tertiary/aromatic N) is 1. The van der Waals surface area contributed by atoms with Crippen LogP contribution in [0.2, 0.25) is 0 Å². The molecule has 0 unspecified atom stereocenters. The summed E-state index contributed by atoms with van der Waals surface area (Å²) in [5, 5.41) is 32.0. The molecular weight excluding hydrogens is 334 g/mol. The maximum Gasteiger partial charge on any atom is 0.335 e. The van der Waals surface area contributed by atoms with Crippen molar-refractivity contribution in [3.63, 3.8) is 0 Å². The molecule has 0 saturated carbocycles. The Hall–Kier alpha value is -3.49. The van der Waals surface area contributed by atoms with Gasteiger partial charge in [0, 0.05) is 12.5 Å². The lowest BCUT2D eigenvalue weighted by atomic mass is 10.2. The summed E-state index contributed by atoms with van der Waals surface area (Å²) in [4.78, 5) is 37.4. The summed E-state index contributed by atoms with van der Waals surface area (Å²) < 4.78 is 0. The first-order valence-corrected chi connectivity index (χ1v) is 6.75. The second-order valence-electron chi connectivity index (χ2n) is 3.72. The molecule has 0 aliphatic rings. The number of hydrogen-bond acceptors (Lipinski definition) is 5. The molecule has 0 fully saturated rings. The summed E-state index contributed by atoms with van der Waals surface area (Å²) in [6.07, 6.45) is 6.20. The van der Waals surface area contributed by atoms with Gasteiger partial charge < -0.3 is 20.5 Å². The van der Waals surface area contributed by atoms with Crippen molar-refractivity contribution in [1.82, 2.24) is 0 Å².